The molecule has 1 aliphatic carbocycles. The van der Waals surface area contributed by atoms with Gasteiger partial charge >= 0.3 is 0 Å². The normalized spacial score (nSPS) is 18.2. The second-order valence-electron chi connectivity index (χ2n) is 5.17. The average Bonchev–Trinajstić information content (AvgIpc) is 2.58. The Morgan fingerprint density at radius 3 is 2.65 bits per heavy atom. The highest BCUT2D eigenvalue weighted by Crippen LogP contribution is 2.28. The molecule has 0 amide bonds. The van der Waals surface area contributed by atoms with Crippen LogP contribution in [0.5, 0.6) is 0 Å². The van der Waals surface area contributed by atoms with E-state index < -0.39 is 0 Å². The fourth-order valence-corrected chi connectivity index (χ4v) is 2.84. The van der Waals surface area contributed by atoms with E-state index in [-0.39, 0.29) is 6.61 Å². The highest BCUT2D eigenvalue weighted by Gasteiger charge is 2.17. The molecule has 3 heteroatoms. The molecular formula is C14H24N2O. The van der Waals surface area contributed by atoms with E-state index >= 15 is 0 Å². The van der Waals surface area contributed by atoms with Crippen molar-refractivity contribution in [3.05, 3.63) is 17.5 Å². The summed E-state index contributed by atoms with van der Waals surface area (Å²) in [4.78, 5) is 0. The number of aromatic nitrogens is 2. The van der Waals surface area contributed by atoms with Crippen LogP contribution in [0.4, 0.5) is 0 Å². The number of aryl methyl sites for hydroxylation is 1. The fourth-order valence-electron chi connectivity index (χ4n) is 2.84. The third-order valence-corrected chi connectivity index (χ3v) is 3.92. The van der Waals surface area contributed by atoms with Gasteiger partial charge in [-0.25, -0.2) is 0 Å². The lowest BCUT2D eigenvalue weighted by atomic mass is 10.1. The summed E-state index contributed by atoms with van der Waals surface area (Å²) in [5, 5.41) is 13.5. The Kier molecular flexibility index (Phi) is 4.60. The second-order valence-corrected chi connectivity index (χ2v) is 5.17. The fraction of sp³-hybridized carbons (Fsp3) is 0.786. The predicted molar refractivity (Wildman–Crippen MR) is 69.1 cm³/mol. The van der Waals surface area contributed by atoms with E-state index in [1.165, 1.54) is 49.8 Å². The maximum Gasteiger partial charge on any atom is 0.0524 e. The first-order valence-electron chi connectivity index (χ1n) is 6.96. The second kappa shape index (κ2) is 6.20. The van der Waals surface area contributed by atoms with E-state index in [1.54, 1.807) is 0 Å². The van der Waals surface area contributed by atoms with Crippen molar-refractivity contribution in [1.82, 2.24) is 9.78 Å². The van der Waals surface area contributed by atoms with Gasteiger partial charge in [0.1, 0.15) is 0 Å². The molecule has 17 heavy (non-hydrogen) atoms. The van der Waals surface area contributed by atoms with Gasteiger partial charge in [-0.1, -0.05) is 25.7 Å². The van der Waals surface area contributed by atoms with Gasteiger partial charge in [-0.05, 0) is 38.2 Å². The Hall–Kier alpha value is -0.830. The molecule has 1 heterocycles. The first-order chi connectivity index (χ1) is 8.33. The van der Waals surface area contributed by atoms with E-state index in [0.29, 0.717) is 6.04 Å². The van der Waals surface area contributed by atoms with Gasteiger partial charge in [0, 0.05) is 12.3 Å². The maximum absolute atomic E-state index is 8.88. The van der Waals surface area contributed by atoms with E-state index in [4.69, 9.17) is 5.11 Å². The van der Waals surface area contributed by atoms with Crippen molar-refractivity contribution in [3.63, 3.8) is 0 Å². The van der Waals surface area contributed by atoms with E-state index in [9.17, 15) is 0 Å². The Bertz CT molecular complexity index is 338. The minimum absolute atomic E-state index is 0.272. The molecule has 2 rings (SSSR count). The maximum atomic E-state index is 8.88. The zero-order chi connectivity index (χ0) is 12.1. The van der Waals surface area contributed by atoms with Gasteiger partial charge in [-0.3, -0.25) is 4.68 Å². The smallest absolute Gasteiger partial charge is 0.0524 e. The molecule has 1 aromatic rings. The van der Waals surface area contributed by atoms with Crippen LogP contribution in [0.2, 0.25) is 0 Å². The zero-order valence-corrected chi connectivity index (χ0v) is 10.9. The monoisotopic (exact) mass is 236 g/mol. The molecule has 0 spiro atoms. The van der Waals surface area contributed by atoms with Crippen molar-refractivity contribution in [2.45, 2.75) is 64.3 Å². The van der Waals surface area contributed by atoms with Gasteiger partial charge in [0.15, 0.2) is 0 Å². The number of hydrogen-bond donors (Lipinski definition) is 1. The highest BCUT2D eigenvalue weighted by atomic mass is 16.2. The Balaban J connectivity index is 2.06. The number of aliphatic hydroxyl groups excluding tert-OH is 1. The molecule has 1 aliphatic rings. The molecule has 1 aromatic heterocycles. The molecule has 3 nitrogen and oxygen atoms in total. The molecule has 0 bridgehead atoms. The Morgan fingerprint density at radius 1 is 1.29 bits per heavy atom. The van der Waals surface area contributed by atoms with Crippen LogP contribution in [0, 0.1) is 6.92 Å². The van der Waals surface area contributed by atoms with Crippen molar-refractivity contribution in [2.24, 2.45) is 0 Å². The summed E-state index contributed by atoms with van der Waals surface area (Å²) >= 11 is 0. The van der Waals surface area contributed by atoms with Gasteiger partial charge in [0.25, 0.3) is 0 Å². The number of nitrogens with zero attached hydrogens (tertiary/aromatic N) is 2. The number of rotatable bonds is 4. The molecule has 0 saturated heterocycles. The quantitative estimate of drug-likeness (QED) is 0.816. The van der Waals surface area contributed by atoms with Crippen molar-refractivity contribution >= 4 is 0 Å². The van der Waals surface area contributed by atoms with E-state index in [0.717, 1.165) is 12.8 Å². The first-order valence-corrected chi connectivity index (χ1v) is 6.96. The summed E-state index contributed by atoms with van der Waals surface area (Å²) in [6, 6.07) is 0.611. The van der Waals surface area contributed by atoms with E-state index in [2.05, 4.69) is 16.7 Å². The molecular weight excluding hydrogens is 212 g/mol. The number of aliphatic hydroxyl groups is 1. The third kappa shape index (κ3) is 3.09. The summed E-state index contributed by atoms with van der Waals surface area (Å²) in [5.74, 6) is 0. The third-order valence-electron chi connectivity index (χ3n) is 3.92. The van der Waals surface area contributed by atoms with Crippen LogP contribution in [0.3, 0.4) is 0 Å². The summed E-state index contributed by atoms with van der Waals surface area (Å²) in [6.07, 6.45) is 11.8. The van der Waals surface area contributed by atoms with E-state index in [1.807, 2.05) is 6.20 Å². The largest absolute Gasteiger partial charge is 0.396 e. The van der Waals surface area contributed by atoms with Gasteiger partial charge in [0.2, 0.25) is 0 Å². The first kappa shape index (κ1) is 12.6. The van der Waals surface area contributed by atoms with Gasteiger partial charge in [-0.2, -0.15) is 5.10 Å². The van der Waals surface area contributed by atoms with Crippen LogP contribution in [0.25, 0.3) is 0 Å². The minimum Gasteiger partial charge on any atom is -0.396 e. The lowest BCUT2D eigenvalue weighted by molar-refractivity contribution is 0.288. The predicted octanol–water partition coefficient (Wildman–Crippen LogP) is 3.01. The van der Waals surface area contributed by atoms with Crippen LogP contribution < -0.4 is 0 Å². The summed E-state index contributed by atoms with van der Waals surface area (Å²) < 4.78 is 2.23. The van der Waals surface area contributed by atoms with Crippen LogP contribution in [-0.4, -0.2) is 21.5 Å². The molecule has 0 radical (unpaired) electrons. The van der Waals surface area contributed by atoms with Crippen LogP contribution >= 0.6 is 0 Å². The lowest BCUT2D eigenvalue weighted by Gasteiger charge is -2.17. The van der Waals surface area contributed by atoms with Crippen molar-refractivity contribution in [3.8, 4) is 0 Å². The van der Waals surface area contributed by atoms with Crippen molar-refractivity contribution in [2.75, 3.05) is 6.61 Å². The SMILES string of the molecule is Cc1c(CCCO)cnn1C1CCCCCC1. The molecule has 1 saturated carbocycles. The highest BCUT2D eigenvalue weighted by molar-refractivity contribution is 5.16. The molecule has 96 valence electrons. The van der Waals surface area contributed by atoms with Crippen molar-refractivity contribution in [1.29, 1.82) is 0 Å². The Morgan fingerprint density at radius 2 is 2.00 bits per heavy atom. The summed E-state index contributed by atoms with van der Waals surface area (Å²) in [7, 11) is 0. The molecule has 0 aliphatic heterocycles. The minimum atomic E-state index is 0.272. The summed E-state index contributed by atoms with van der Waals surface area (Å²) in [6.45, 7) is 2.44. The lowest BCUT2D eigenvalue weighted by Crippen LogP contribution is -2.11. The summed E-state index contributed by atoms with van der Waals surface area (Å²) in [5.41, 5.74) is 2.62. The van der Waals surface area contributed by atoms with Gasteiger partial charge < -0.3 is 5.11 Å². The van der Waals surface area contributed by atoms with Crippen LogP contribution in [-0.2, 0) is 6.42 Å². The molecule has 0 unspecified atom stereocenters. The average molecular weight is 236 g/mol. The molecule has 1 N–H and O–H groups in total. The molecule has 0 aromatic carbocycles. The zero-order valence-electron chi connectivity index (χ0n) is 10.9. The standard InChI is InChI=1S/C14H24N2O/c1-12-13(7-6-10-17)11-15-16(12)14-8-4-2-3-5-9-14/h11,14,17H,2-10H2,1H3. The topological polar surface area (TPSA) is 38.1 Å². The van der Waals surface area contributed by atoms with Crippen molar-refractivity contribution < 1.29 is 5.11 Å². The van der Waals surface area contributed by atoms with Gasteiger partial charge in [0.05, 0.1) is 12.2 Å². The number of hydrogen-bond acceptors (Lipinski definition) is 2. The van der Waals surface area contributed by atoms with Crippen LogP contribution in [0.1, 0.15) is 62.2 Å². The van der Waals surface area contributed by atoms with Crippen LogP contribution in [0.15, 0.2) is 6.20 Å². The van der Waals surface area contributed by atoms with Gasteiger partial charge in [-0.15, -0.1) is 0 Å². The molecule has 0 atom stereocenters. The molecule has 1 fully saturated rings. The Labute approximate surface area is 104 Å².